The minimum absolute atomic E-state index is 0.0442. The number of imidazole rings is 1. The molecule has 38 heavy (non-hydrogen) atoms. The molecule has 8 heteroatoms. The predicted molar refractivity (Wildman–Crippen MR) is 145 cm³/mol. The Morgan fingerprint density at radius 3 is 2.55 bits per heavy atom. The lowest BCUT2D eigenvalue weighted by atomic mass is 9.96. The Morgan fingerprint density at radius 1 is 1.03 bits per heavy atom. The fourth-order valence-electron chi connectivity index (χ4n) is 4.81. The van der Waals surface area contributed by atoms with Crippen molar-refractivity contribution in [3.63, 3.8) is 0 Å². The van der Waals surface area contributed by atoms with Gasteiger partial charge in [0.05, 0.1) is 17.3 Å². The third-order valence-electron chi connectivity index (χ3n) is 6.68. The number of benzene rings is 2. The maximum Gasteiger partial charge on any atom is 0.295 e. The Balaban J connectivity index is 1.60. The lowest BCUT2D eigenvalue weighted by molar-refractivity contribution is -0.140. The summed E-state index contributed by atoms with van der Waals surface area (Å²) in [5, 5.41) is 11.6. The first-order valence-electron chi connectivity index (χ1n) is 12.5. The molecule has 3 heterocycles. The minimum Gasteiger partial charge on any atom is -0.505 e. The number of amides is 1. The van der Waals surface area contributed by atoms with Gasteiger partial charge in [-0.25, -0.2) is 4.98 Å². The normalized spacial score (nSPS) is 17.1. The number of rotatable bonds is 8. The Labute approximate surface area is 221 Å². The van der Waals surface area contributed by atoms with Gasteiger partial charge in [0, 0.05) is 19.3 Å². The second-order valence-electron chi connectivity index (χ2n) is 9.62. The van der Waals surface area contributed by atoms with Crippen LogP contribution in [0.5, 0.6) is 5.75 Å². The van der Waals surface area contributed by atoms with Crippen LogP contribution in [0.1, 0.15) is 28.6 Å². The first-order chi connectivity index (χ1) is 18.3. The number of aryl methyl sites for hydroxylation is 1. The number of carbonyl (C=O) groups is 2. The quantitative estimate of drug-likeness (QED) is 0.217. The molecule has 1 amide bonds. The molecule has 4 aromatic rings. The lowest BCUT2D eigenvalue weighted by Crippen LogP contribution is -2.35. The van der Waals surface area contributed by atoms with Gasteiger partial charge in [-0.1, -0.05) is 48.5 Å². The number of Topliss-reactive ketones (excluding diaryl/α,β-unsaturated/α-hetero) is 1. The van der Waals surface area contributed by atoms with Crippen LogP contribution in [0.3, 0.4) is 0 Å². The summed E-state index contributed by atoms with van der Waals surface area (Å²) in [6, 6.07) is 21.9. The maximum absolute atomic E-state index is 13.4. The van der Waals surface area contributed by atoms with Crippen molar-refractivity contribution in [1.29, 1.82) is 0 Å². The Hall–Kier alpha value is -4.43. The van der Waals surface area contributed by atoms with Crippen LogP contribution in [0.4, 0.5) is 0 Å². The minimum atomic E-state index is -0.774. The van der Waals surface area contributed by atoms with Crippen molar-refractivity contribution in [3.8, 4) is 5.75 Å². The van der Waals surface area contributed by atoms with Gasteiger partial charge >= 0.3 is 0 Å². The van der Waals surface area contributed by atoms with Crippen molar-refractivity contribution in [2.24, 2.45) is 0 Å². The number of fused-ring (bicyclic) bond motifs is 1. The van der Waals surface area contributed by atoms with Crippen LogP contribution >= 0.6 is 0 Å². The predicted octanol–water partition coefficient (Wildman–Crippen LogP) is 4.21. The highest BCUT2D eigenvalue weighted by molar-refractivity contribution is 6.46. The highest BCUT2D eigenvalue weighted by Gasteiger charge is 2.46. The molecule has 8 nitrogen and oxygen atoms in total. The highest BCUT2D eigenvalue weighted by atomic mass is 16.5. The molecule has 1 aliphatic heterocycles. The number of aliphatic hydroxyl groups is 1. The van der Waals surface area contributed by atoms with E-state index in [2.05, 4.69) is 4.98 Å². The zero-order chi connectivity index (χ0) is 26.8. The van der Waals surface area contributed by atoms with Gasteiger partial charge in [0.25, 0.3) is 11.7 Å². The molecule has 1 saturated heterocycles. The SMILES string of the molecule is Cc1nc2ccccn2c1C(O)=C1C(=O)C(=O)N(CCN(C)C)C1c1cccc(OCc2ccccc2)c1. The molecule has 1 aliphatic rings. The van der Waals surface area contributed by atoms with Crippen molar-refractivity contribution in [3.05, 3.63) is 107 Å². The number of aliphatic hydroxyl groups excluding tert-OH is 1. The zero-order valence-electron chi connectivity index (χ0n) is 21.7. The van der Waals surface area contributed by atoms with Crippen LogP contribution < -0.4 is 4.74 Å². The molecular formula is C30H30N4O4. The van der Waals surface area contributed by atoms with E-state index in [9.17, 15) is 14.7 Å². The number of hydrogen-bond acceptors (Lipinski definition) is 6. The molecule has 2 aromatic carbocycles. The summed E-state index contributed by atoms with van der Waals surface area (Å²) in [6.45, 7) is 3.03. The van der Waals surface area contributed by atoms with Gasteiger partial charge in [-0.3, -0.25) is 14.0 Å². The van der Waals surface area contributed by atoms with Crippen LogP contribution in [0, 0.1) is 6.92 Å². The summed E-state index contributed by atoms with van der Waals surface area (Å²) in [7, 11) is 3.82. The third kappa shape index (κ3) is 4.78. The summed E-state index contributed by atoms with van der Waals surface area (Å²) in [6.07, 6.45) is 1.78. The van der Waals surface area contributed by atoms with Gasteiger partial charge in [-0.15, -0.1) is 0 Å². The summed E-state index contributed by atoms with van der Waals surface area (Å²) >= 11 is 0. The number of pyridine rings is 1. The van der Waals surface area contributed by atoms with Crippen LogP contribution in [0.2, 0.25) is 0 Å². The molecule has 0 saturated carbocycles. The van der Waals surface area contributed by atoms with Gasteiger partial charge < -0.3 is 19.6 Å². The fourth-order valence-corrected chi connectivity index (χ4v) is 4.81. The van der Waals surface area contributed by atoms with Gasteiger partial charge in [0.2, 0.25) is 0 Å². The fraction of sp³-hybridized carbons (Fsp3) is 0.233. The number of likely N-dealkylation sites (tertiary alicyclic amines) is 1. The first-order valence-corrected chi connectivity index (χ1v) is 12.5. The Morgan fingerprint density at radius 2 is 1.79 bits per heavy atom. The molecule has 1 unspecified atom stereocenters. The van der Waals surface area contributed by atoms with Crippen LogP contribution in [-0.4, -0.2) is 63.2 Å². The smallest absolute Gasteiger partial charge is 0.295 e. The molecule has 0 radical (unpaired) electrons. The average Bonchev–Trinajstić information content (AvgIpc) is 3.39. The van der Waals surface area contributed by atoms with E-state index in [0.29, 0.717) is 48.0 Å². The molecular weight excluding hydrogens is 480 g/mol. The molecule has 5 rings (SSSR count). The van der Waals surface area contributed by atoms with Gasteiger partial charge in [-0.05, 0) is 56.4 Å². The first kappa shape index (κ1) is 25.2. The van der Waals surface area contributed by atoms with Crippen LogP contribution in [0.25, 0.3) is 11.4 Å². The second-order valence-corrected chi connectivity index (χ2v) is 9.62. The highest BCUT2D eigenvalue weighted by Crippen LogP contribution is 2.40. The molecule has 194 valence electrons. The third-order valence-corrected chi connectivity index (χ3v) is 6.68. The average molecular weight is 511 g/mol. The summed E-state index contributed by atoms with van der Waals surface area (Å²) in [5.41, 5.74) is 3.35. The molecule has 0 aliphatic carbocycles. The number of hydrogen-bond donors (Lipinski definition) is 1. The maximum atomic E-state index is 13.4. The van der Waals surface area contributed by atoms with E-state index in [0.717, 1.165) is 5.56 Å². The summed E-state index contributed by atoms with van der Waals surface area (Å²) in [4.78, 5) is 34.7. The number of aromatic nitrogens is 2. The van der Waals surface area contributed by atoms with Crippen molar-refractivity contribution < 1.29 is 19.4 Å². The number of ether oxygens (including phenoxy) is 1. The van der Waals surface area contributed by atoms with E-state index in [1.165, 1.54) is 4.90 Å². The van der Waals surface area contributed by atoms with E-state index in [1.54, 1.807) is 17.5 Å². The number of likely N-dealkylation sites (N-methyl/N-ethyl adjacent to an activating group) is 1. The monoisotopic (exact) mass is 510 g/mol. The molecule has 1 atom stereocenters. The van der Waals surface area contributed by atoms with Crippen molar-refractivity contribution >= 4 is 23.1 Å². The number of ketones is 1. The number of carbonyl (C=O) groups excluding carboxylic acids is 2. The van der Waals surface area contributed by atoms with E-state index >= 15 is 0 Å². The topological polar surface area (TPSA) is 87.4 Å². The Bertz CT molecular complexity index is 1520. The molecule has 0 spiro atoms. The van der Waals surface area contributed by atoms with Gasteiger partial charge in [-0.2, -0.15) is 0 Å². The Kier molecular flexibility index (Phi) is 6.98. The van der Waals surface area contributed by atoms with Crippen LogP contribution in [-0.2, 0) is 16.2 Å². The van der Waals surface area contributed by atoms with E-state index in [4.69, 9.17) is 4.74 Å². The zero-order valence-corrected chi connectivity index (χ0v) is 21.7. The van der Waals surface area contributed by atoms with Gasteiger partial charge in [0.1, 0.15) is 23.7 Å². The molecule has 2 aromatic heterocycles. The van der Waals surface area contributed by atoms with E-state index in [-0.39, 0.29) is 11.3 Å². The lowest BCUT2D eigenvalue weighted by Gasteiger charge is -2.27. The largest absolute Gasteiger partial charge is 0.505 e. The molecule has 0 bridgehead atoms. The second kappa shape index (κ2) is 10.5. The van der Waals surface area contributed by atoms with E-state index < -0.39 is 17.7 Å². The van der Waals surface area contributed by atoms with Crippen molar-refractivity contribution in [2.45, 2.75) is 19.6 Å². The van der Waals surface area contributed by atoms with E-state index in [1.807, 2.05) is 91.8 Å². The van der Waals surface area contributed by atoms with Crippen molar-refractivity contribution in [2.75, 3.05) is 27.2 Å². The van der Waals surface area contributed by atoms with Gasteiger partial charge in [0.15, 0.2) is 5.76 Å². The number of nitrogens with zero attached hydrogens (tertiary/aromatic N) is 4. The standard InChI is InChI=1S/C30H30N4O4/c1-20-26(33-15-8-7-14-24(33)31-20)28(35)25-27(34(17-16-32(2)3)30(37)29(25)36)22-12-9-13-23(18-22)38-19-21-10-5-4-6-11-21/h4-15,18,27,35H,16-17,19H2,1-3H3. The van der Waals surface area contributed by atoms with Crippen molar-refractivity contribution in [1.82, 2.24) is 19.2 Å². The van der Waals surface area contributed by atoms with Crippen LogP contribution in [0.15, 0.2) is 84.6 Å². The molecule has 1 fully saturated rings. The molecule has 1 N–H and O–H groups in total. The summed E-state index contributed by atoms with van der Waals surface area (Å²) in [5.74, 6) is -0.990. The summed E-state index contributed by atoms with van der Waals surface area (Å²) < 4.78 is 7.77.